The lowest BCUT2D eigenvalue weighted by atomic mass is 10.00. The van der Waals surface area contributed by atoms with Crippen molar-refractivity contribution in [1.82, 2.24) is 0 Å². The molecular weight excluding hydrogens is 264 g/mol. The molecule has 1 aliphatic rings. The lowest BCUT2D eigenvalue weighted by molar-refractivity contribution is -0.141. The second kappa shape index (κ2) is 5.17. The molecule has 1 heterocycles. The van der Waals surface area contributed by atoms with E-state index in [1.807, 2.05) is 37.3 Å². The predicted molar refractivity (Wildman–Crippen MR) is 79.0 cm³/mol. The van der Waals surface area contributed by atoms with Crippen LogP contribution in [0.15, 0.2) is 30.3 Å². The first kappa shape index (κ1) is 13.8. The van der Waals surface area contributed by atoms with Crippen molar-refractivity contribution in [1.29, 1.82) is 0 Å². The van der Waals surface area contributed by atoms with E-state index in [1.165, 1.54) is 0 Å². The van der Waals surface area contributed by atoms with Crippen LogP contribution in [0.5, 0.6) is 0 Å². The lowest BCUT2D eigenvalue weighted by Gasteiger charge is -2.32. The van der Waals surface area contributed by atoms with E-state index in [1.54, 1.807) is 23.5 Å². The number of carbonyl (C=O) groups is 1. The minimum Gasteiger partial charge on any atom is -0.481 e. The number of rotatable bonds is 3. The Hall–Kier alpha value is -0.610. The number of aliphatic carboxylic acids is 1. The highest BCUT2D eigenvalue weighted by atomic mass is 32.2. The van der Waals surface area contributed by atoms with E-state index in [0.29, 0.717) is 10.5 Å². The summed E-state index contributed by atoms with van der Waals surface area (Å²) in [5.41, 5.74) is 1.12. The molecule has 3 unspecified atom stereocenters. The van der Waals surface area contributed by atoms with Crippen LogP contribution in [0.4, 0.5) is 0 Å². The van der Waals surface area contributed by atoms with Gasteiger partial charge in [-0.25, -0.2) is 0 Å². The highest BCUT2D eigenvalue weighted by Gasteiger charge is 2.50. The highest BCUT2D eigenvalue weighted by molar-refractivity contribution is 8.21. The molecule has 3 atom stereocenters. The monoisotopic (exact) mass is 282 g/mol. The van der Waals surface area contributed by atoms with E-state index in [2.05, 4.69) is 13.8 Å². The fraction of sp³-hybridized carbons (Fsp3) is 0.500. The molecule has 1 aromatic rings. The Morgan fingerprint density at radius 3 is 2.17 bits per heavy atom. The average molecular weight is 282 g/mol. The van der Waals surface area contributed by atoms with Gasteiger partial charge in [0.1, 0.15) is 0 Å². The summed E-state index contributed by atoms with van der Waals surface area (Å²) in [5.74, 6) is -1.12. The van der Waals surface area contributed by atoms with Gasteiger partial charge in [0.05, 0.1) is 10.00 Å². The fourth-order valence-corrected chi connectivity index (χ4v) is 6.30. The maximum Gasteiger partial charge on any atom is 0.308 e. The van der Waals surface area contributed by atoms with E-state index in [-0.39, 0.29) is 4.08 Å². The van der Waals surface area contributed by atoms with Crippen molar-refractivity contribution in [3.63, 3.8) is 0 Å². The first-order chi connectivity index (χ1) is 8.47. The molecule has 1 N–H and O–H groups in total. The molecule has 0 radical (unpaired) electrons. The van der Waals surface area contributed by atoms with Crippen LogP contribution in [0.25, 0.3) is 0 Å². The molecule has 1 fully saturated rings. The van der Waals surface area contributed by atoms with Crippen LogP contribution in [0, 0.1) is 5.92 Å². The molecule has 2 nitrogen and oxygen atoms in total. The van der Waals surface area contributed by atoms with Gasteiger partial charge in [-0.15, -0.1) is 23.5 Å². The zero-order valence-corrected chi connectivity index (χ0v) is 12.4. The molecule has 1 saturated heterocycles. The molecular formula is C14H18O2S2. The summed E-state index contributed by atoms with van der Waals surface area (Å²) in [6.07, 6.45) is 0. The van der Waals surface area contributed by atoms with Gasteiger partial charge in [-0.3, -0.25) is 4.79 Å². The molecule has 0 saturated carbocycles. The molecule has 98 valence electrons. The quantitative estimate of drug-likeness (QED) is 0.914. The summed E-state index contributed by atoms with van der Waals surface area (Å²) in [5, 5.41) is 10.4. The molecule has 0 aliphatic carbocycles. The average Bonchev–Trinajstić information content (AvgIpc) is 2.67. The number of benzene rings is 1. The maximum atomic E-state index is 11.5. The van der Waals surface area contributed by atoms with Gasteiger partial charge in [0.15, 0.2) is 0 Å². The zero-order valence-electron chi connectivity index (χ0n) is 10.8. The van der Waals surface area contributed by atoms with Crippen LogP contribution in [-0.4, -0.2) is 21.6 Å². The van der Waals surface area contributed by atoms with Crippen molar-refractivity contribution >= 4 is 29.5 Å². The minimum absolute atomic E-state index is 0.355. The number of hydrogen-bond acceptors (Lipinski definition) is 3. The third kappa shape index (κ3) is 2.28. The Labute approximate surface area is 117 Å². The lowest BCUT2D eigenvalue weighted by Crippen LogP contribution is -2.31. The first-order valence-electron chi connectivity index (χ1n) is 6.11. The van der Waals surface area contributed by atoms with E-state index in [9.17, 15) is 9.90 Å². The second-order valence-corrected chi connectivity index (χ2v) is 8.24. The highest BCUT2D eigenvalue weighted by Crippen LogP contribution is 2.62. The van der Waals surface area contributed by atoms with Gasteiger partial charge in [0.25, 0.3) is 0 Å². The Bertz CT molecular complexity index is 423. The summed E-state index contributed by atoms with van der Waals surface area (Å²) in [7, 11) is 0. The van der Waals surface area contributed by atoms with E-state index >= 15 is 0 Å². The van der Waals surface area contributed by atoms with Gasteiger partial charge >= 0.3 is 5.97 Å². The standard InChI is InChI=1S/C14H18O2S2/c1-9(13(15)16)14(12-7-5-4-6-8-12)17-10(2)11(3)18-14/h4-11H,1-3H3,(H,15,16). The minimum atomic E-state index is -0.722. The Morgan fingerprint density at radius 2 is 1.72 bits per heavy atom. The van der Waals surface area contributed by atoms with Crippen molar-refractivity contribution in [3.05, 3.63) is 35.9 Å². The fourth-order valence-electron chi connectivity index (χ4n) is 2.19. The van der Waals surface area contributed by atoms with Crippen LogP contribution in [0.1, 0.15) is 26.3 Å². The first-order valence-corrected chi connectivity index (χ1v) is 7.87. The molecule has 18 heavy (non-hydrogen) atoms. The summed E-state index contributed by atoms with van der Waals surface area (Å²) >= 11 is 3.59. The summed E-state index contributed by atoms with van der Waals surface area (Å²) in [6, 6.07) is 10.0. The molecule has 1 aromatic carbocycles. The van der Waals surface area contributed by atoms with Gasteiger partial charge in [-0.05, 0) is 12.5 Å². The van der Waals surface area contributed by atoms with Gasteiger partial charge < -0.3 is 5.11 Å². The number of carboxylic acids is 1. The zero-order chi connectivity index (χ0) is 13.3. The Balaban J connectivity index is 2.45. The summed E-state index contributed by atoms with van der Waals surface area (Å²) in [6.45, 7) is 6.18. The van der Waals surface area contributed by atoms with Crippen molar-refractivity contribution in [2.45, 2.75) is 35.4 Å². The largest absolute Gasteiger partial charge is 0.481 e. The number of thioether (sulfide) groups is 2. The summed E-state index contributed by atoms with van der Waals surface area (Å²) < 4.78 is -0.355. The molecule has 0 amide bonds. The van der Waals surface area contributed by atoms with Crippen LogP contribution < -0.4 is 0 Å². The van der Waals surface area contributed by atoms with Crippen LogP contribution in [-0.2, 0) is 8.87 Å². The van der Waals surface area contributed by atoms with Crippen molar-refractivity contribution < 1.29 is 9.90 Å². The molecule has 4 heteroatoms. The summed E-state index contributed by atoms with van der Waals surface area (Å²) in [4.78, 5) is 11.5. The Morgan fingerprint density at radius 1 is 1.22 bits per heavy atom. The third-order valence-electron chi connectivity index (χ3n) is 3.50. The maximum absolute atomic E-state index is 11.5. The molecule has 1 aliphatic heterocycles. The topological polar surface area (TPSA) is 37.3 Å². The second-order valence-electron chi connectivity index (χ2n) is 4.74. The SMILES string of the molecule is CC1SC(c2ccccc2)(C(C)C(=O)O)SC1C. The van der Waals surface area contributed by atoms with E-state index in [0.717, 1.165) is 5.56 Å². The molecule has 0 bridgehead atoms. The number of carboxylic acid groups (broad SMARTS) is 1. The van der Waals surface area contributed by atoms with Crippen molar-refractivity contribution in [2.75, 3.05) is 0 Å². The number of hydrogen-bond donors (Lipinski definition) is 1. The van der Waals surface area contributed by atoms with Crippen LogP contribution in [0.3, 0.4) is 0 Å². The normalized spacial score (nSPS) is 33.3. The Kier molecular flexibility index (Phi) is 3.97. The van der Waals surface area contributed by atoms with E-state index < -0.39 is 11.9 Å². The van der Waals surface area contributed by atoms with Gasteiger partial charge in [-0.1, -0.05) is 44.2 Å². The predicted octanol–water partition coefficient (Wildman–Crippen LogP) is 3.82. The van der Waals surface area contributed by atoms with Crippen molar-refractivity contribution in [2.24, 2.45) is 5.92 Å². The van der Waals surface area contributed by atoms with E-state index in [4.69, 9.17) is 0 Å². The molecule has 2 rings (SSSR count). The molecule has 0 spiro atoms. The smallest absolute Gasteiger partial charge is 0.308 e. The van der Waals surface area contributed by atoms with Gasteiger partial charge in [0, 0.05) is 10.5 Å². The molecule has 0 aromatic heterocycles. The van der Waals surface area contributed by atoms with Gasteiger partial charge in [0.2, 0.25) is 0 Å². The van der Waals surface area contributed by atoms with Crippen molar-refractivity contribution in [3.8, 4) is 0 Å². The van der Waals surface area contributed by atoms with Crippen LogP contribution >= 0.6 is 23.5 Å². The third-order valence-corrected chi connectivity index (χ3v) is 7.69. The van der Waals surface area contributed by atoms with Crippen LogP contribution in [0.2, 0.25) is 0 Å². The van der Waals surface area contributed by atoms with Gasteiger partial charge in [-0.2, -0.15) is 0 Å².